The summed E-state index contributed by atoms with van der Waals surface area (Å²) < 4.78 is 46.2. The standard InChI is InChI=1S/C27H22BrF3N2O5/c1-32-17-4-2-6-20(34)25(17)24(26-18(32)5-3-7-21(26)35)16-13-15(28)9-11-22(16)38-23-10-8-14(27(29,30)31)12-19(23)33(36)37/h8-13,24H,2-7H2,1H3. The second kappa shape index (κ2) is 9.68. The molecule has 5 rings (SSSR count). The van der Waals surface area contributed by atoms with Crippen LogP contribution < -0.4 is 4.74 Å². The minimum Gasteiger partial charge on any atom is -0.450 e. The van der Waals surface area contributed by atoms with E-state index >= 15 is 0 Å². The highest BCUT2D eigenvalue weighted by Crippen LogP contribution is 2.51. The maximum atomic E-state index is 13.3. The molecule has 0 bridgehead atoms. The number of rotatable bonds is 4. The van der Waals surface area contributed by atoms with Gasteiger partial charge in [0, 0.05) is 64.5 Å². The molecule has 7 nitrogen and oxygen atoms in total. The van der Waals surface area contributed by atoms with Gasteiger partial charge >= 0.3 is 11.9 Å². The number of carbonyl (C=O) groups is 2. The largest absolute Gasteiger partial charge is 0.450 e. The Morgan fingerprint density at radius 1 is 0.947 bits per heavy atom. The van der Waals surface area contributed by atoms with E-state index in [9.17, 15) is 32.9 Å². The molecule has 2 aromatic carbocycles. The first kappa shape index (κ1) is 26.1. The van der Waals surface area contributed by atoms with Crippen molar-refractivity contribution in [2.75, 3.05) is 7.05 Å². The first-order valence-electron chi connectivity index (χ1n) is 12.1. The molecule has 0 amide bonds. The zero-order chi connectivity index (χ0) is 27.4. The second-order valence-corrected chi connectivity index (χ2v) is 10.4. The molecule has 0 aromatic heterocycles. The molecular weight excluding hydrogens is 569 g/mol. The number of benzene rings is 2. The molecule has 0 spiro atoms. The minimum atomic E-state index is -4.77. The fraction of sp³-hybridized carbons (Fsp3) is 0.333. The number of carbonyl (C=O) groups excluding carboxylic acids is 2. The molecule has 0 saturated heterocycles. The van der Waals surface area contributed by atoms with Crippen molar-refractivity contribution in [3.05, 3.63) is 84.7 Å². The maximum absolute atomic E-state index is 13.3. The monoisotopic (exact) mass is 590 g/mol. The van der Waals surface area contributed by atoms with Crippen LogP contribution in [0.15, 0.2) is 63.4 Å². The highest BCUT2D eigenvalue weighted by Gasteiger charge is 2.43. The summed E-state index contributed by atoms with van der Waals surface area (Å²) in [5, 5.41) is 11.7. The van der Waals surface area contributed by atoms with E-state index in [0.717, 1.165) is 17.5 Å². The Morgan fingerprint density at radius 2 is 1.53 bits per heavy atom. The second-order valence-electron chi connectivity index (χ2n) is 9.49. The van der Waals surface area contributed by atoms with E-state index < -0.39 is 28.3 Å². The maximum Gasteiger partial charge on any atom is 0.416 e. The predicted octanol–water partition coefficient (Wildman–Crippen LogP) is 7.21. The summed E-state index contributed by atoms with van der Waals surface area (Å²) in [6, 6.07) is 6.90. The van der Waals surface area contributed by atoms with Crippen LogP contribution in [0.5, 0.6) is 11.5 Å². The molecule has 1 heterocycles. The summed E-state index contributed by atoms with van der Waals surface area (Å²) in [5.41, 5.74) is 1.09. The molecule has 38 heavy (non-hydrogen) atoms. The van der Waals surface area contributed by atoms with Crippen molar-refractivity contribution in [1.82, 2.24) is 4.90 Å². The molecule has 3 aliphatic rings. The lowest BCUT2D eigenvalue weighted by Crippen LogP contribution is -2.37. The number of halogens is 4. The van der Waals surface area contributed by atoms with Crippen LogP contribution in [0.3, 0.4) is 0 Å². The Labute approximate surface area is 224 Å². The van der Waals surface area contributed by atoms with E-state index in [1.807, 2.05) is 11.9 Å². The van der Waals surface area contributed by atoms with Gasteiger partial charge in [-0.3, -0.25) is 19.7 Å². The number of hydrogen-bond acceptors (Lipinski definition) is 6. The molecule has 0 N–H and O–H groups in total. The van der Waals surface area contributed by atoms with Crippen molar-refractivity contribution in [2.24, 2.45) is 0 Å². The number of Topliss-reactive ketones (excluding diaryl/α,β-unsaturated/α-hetero) is 2. The summed E-state index contributed by atoms with van der Waals surface area (Å²) >= 11 is 3.43. The Balaban J connectivity index is 1.69. The smallest absolute Gasteiger partial charge is 0.416 e. The van der Waals surface area contributed by atoms with E-state index in [4.69, 9.17) is 4.74 Å². The number of nitro benzene ring substituents is 1. The summed E-state index contributed by atoms with van der Waals surface area (Å²) in [6.07, 6.45) is -1.42. The highest BCUT2D eigenvalue weighted by molar-refractivity contribution is 9.10. The molecule has 2 aromatic rings. The van der Waals surface area contributed by atoms with Crippen LogP contribution in [0, 0.1) is 10.1 Å². The van der Waals surface area contributed by atoms with Gasteiger partial charge in [0.25, 0.3) is 0 Å². The predicted molar refractivity (Wildman–Crippen MR) is 135 cm³/mol. The molecule has 0 saturated carbocycles. The third-order valence-electron chi connectivity index (χ3n) is 7.23. The SMILES string of the molecule is CN1C2=C(C(=O)CCC2)C(c2cc(Br)ccc2Oc2ccc(C(F)(F)F)cc2[N+](=O)[O-])C2=C1CCCC2=O. The van der Waals surface area contributed by atoms with Gasteiger partial charge in [-0.1, -0.05) is 15.9 Å². The Bertz CT molecular complexity index is 1400. The normalized spacial score (nSPS) is 18.5. The number of nitro groups is 1. The third-order valence-corrected chi connectivity index (χ3v) is 7.72. The van der Waals surface area contributed by atoms with Crippen molar-refractivity contribution < 1.29 is 32.4 Å². The molecule has 0 atom stereocenters. The van der Waals surface area contributed by atoms with Gasteiger partial charge in [0.15, 0.2) is 11.6 Å². The van der Waals surface area contributed by atoms with Gasteiger partial charge in [-0.2, -0.15) is 13.2 Å². The van der Waals surface area contributed by atoms with Gasteiger partial charge in [0.1, 0.15) is 5.75 Å². The average Bonchev–Trinajstić information content (AvgIpc) is 2.86. The number of nitrogens with zero attached hydrogens (tertiary/aromatic N) is 2. The minimum absolute atomic E-state index is 0.0838. The zero-order valence-corrected chi connectivity index (χ0v) is 21.8. The van der Waals surface area contributed by atoms with E-state index in [-0.39, 0.29) is 23.1 Å². The van der Waals surface area contributed by atoms with Crippen molar-refractivity contribution in [3.8, 4) is 11.5 Å². The quantitative estimate of drug-likeness (QED) is 0.276. The number of ether oxygens (including phenoxy) is 1. The highest BCUT2D eigenvalue weighted by atomic mass is 79.9. The van der Waals surface area contributed by atoms with Gasteiger partial charge in [-0.05, 0) is 56.0 Å². The van der Waals surface area contributed by atoms with E-state index in [1.54, 1.807) is 12.1 Å². The van der Waals surface area contributed by atoms with Crippen LogP contribution in [0.25, 0.3) is 0 Å². The van der Waals surface area contributed by atoms with Crippen LogP contribution in [0.4, 0.5) is 18.9 Å². The molecular formula is C27H22BrF3N2O5. The van der Waals surface area contributed by atoms with Crippen molar-refractivity contribution in [2.45, 2.75) is 50.6 Å². The lowest BCUT2D eigenvalue weighted by molar-refractivity contribution is -0.385. The van der Waals surface area contributed by atoms with Crippen LogP contribution in [0.1, 0.15) is 55.6 Å². The summed E-state index contributed by atoms with van der Waals surface area (Å²) in [4.78, 5) is 39.3. The molecule has 0 radical (unpaired) electrons. The number of hydrogen-bond donors (Lipinski definition) is 0. The third kappa shape index (κ3) is 4.53. The summed E-state index contributed by atoms with van der Waals surface area (Å²) in [5.74, 6) is -1.19. The first-order valence-corrected chi connectivity index (χ1v) is 12.9. The van der Waals surface area contributed by atoms with Crippen LogP contribution in [0.2, 0.25) is 0 Å². The fourth-order valence-electron chi connectivity index (χ4n) is 5.54. The first-order chi connectivity index (χ1) is 18.0. The topological polar surface area (TPSA) is 89.8 Å². The summed E-state index contributed by atoms with van der Waals surface area (Å²) in [6.45, 7) is 0. The number of alkyl halides is 3. The lowest BCUT2D eigenvalue weighted by atomic mass is 9.71. The van der Waals surface area contributed by atoms with E-state index in [0.29, 0.717) is 71.8 Å². The molecule has 0 fully saturated rings. The molecule has 1 aliphatic heterocycles. The van der Waals surface area contributed by atoms with Crippen LogP contribution in [-0.4, -0.2) is 28.4 Å². The van der Waals surface area contributed by atoms with Crippen molar-refractivity contribution >= 4 is 33.2 Å². The van der Waals surface area contributed by atoms with E-state index in [1.165, 1.54) is 6.07 Å². The van der Waals surface area contributed by atoms with Crippen LogP contribution >= 0.6 is 15.9 Å². The Kier molecular flexibility index (Phi) is 6.66. The van der Waals surface area contributed by atoms with Gasteiger partial charge in [0.2, 0.25) is 5.75 Å². The van der Waals surface area contributed by atoms with Crippen molar-refractivity contribution in [3.63, 3.8) is 0 Å². The van der Waals surface area contributed by atoms with E-state index in [2.05, 4.69) is 15.9 Å². The summed E-state index contributed by atoms with van der Waals surface area (Å²) in [7, 11) is 1.86. The molecule has 2 aliphatic carbocycles. The average molecular weight is 591 g/mol. The lowest BCUT2D eigenvalue weighted by Gasteiger charge is -2.42. The van der Waals surface area contributed by atoms with Gasteiger partial charge < -0.3 is 9.64 Å². The molecule has 198 valence electrons. The van der Waals surface area contributed by atoms with Crippen molar-refractivity contribution in [1.29, 1.82) is 0 Å². The Morgan fingerprint density at radius 3 is 2.08 bits per heavy atom. The zero-order valence-electron chi connectivity index (χ0n) is 20.2. The Hall–Kier alpha value is -3.47. The van der Waals surface area contributed by atoms with Gasteiger partial charge in [-0.15, -0.1) is 0 Å². The molecule has 0 unspecified atom stereocenters. The number of ketones is 2. The molecule has 11 heteroatoms. The van der Waals surface area contributed by atoms with Gasteiger partial charge in [0.05, 0.1) is 10.5 Å². The van der Waals surface area contributed by atoms with Crippen LogP contribution in [-0.2, 0) is 15.8 Å². The van der Waals surface area contributed by atoms with Gasteiger partial charge in [-0.25, -0.2) is 0 Å². The number of allylic oxidation sites excluding steroid dienone is 4. The fourth-order valence-corrected chi connectivity index (χ4v) is 5.92.